The fraction of sp³-hybridized carbons (Fsp3) is 0.355. The molecule has 0 unspecified atom stereocenters. The van der Waals surface area contributed by atoms with Gasteiger partial charge in [0.15, 0.2) is 11.4 Å². The lowest BCUT2D eigenvalue weighted by Crippen LogP contribution is -2.40. The molecule has 2 aliphatic rings. The number of pyridine rings is 1. The van der Waals surface area contributed by atoms with Crippen LogP contribution in [-0.4, -0.2) is 62.8 Å². The van der Waals surface area contributed by atoms with Crippen LogP contribution in [-0.2, 0) is 20.9 Å². The van der Waals surface area contributed by atoms with E-state index in [0.717, 1.165) is 18.4 Å². The Kier molecular flexibility index (Phi) is 9.01. The number of nitrogens with zero attached hydrogens (tertiary/aromatic N) is 4. The number of hydrogen-bond donors (Lipinski definition) is 4. The summed E-state index contributed by atoms with van der Waals surface area (Å²) >= 11 is 0. The summed E-state index contributed by atoms with van der Waals surface area (Å²) < 4.78 is 39.7. The Labute approximate surface area is 262 Å². The third-order valence-corrected chi connectivity index (χ3v) is 7.62. The highest BCUT2D eigenvalue weighted by Gasteiger charge is 2.31. The van der Waals surface area contributed by atoms with Gasteiger partial charge in [-0.3, -0.25) is 14.4 Å². The Hall–Kier alpha value is -5.18. The van der Waals surface area contributed by atoms with Gasteiger partial charge in [-0.1, -0.05) is 12.1 Å². The first-order chi connectivity index (χ1) is 22.2. The largest absolute Gasteiger partial charge is 0.461 e. The van der Waals surface area contributed by atoms with Gasteiger partial charge in [-0.2, -0.15) is 5.10 Å². The Morgan fingerprint density at radius 3 is 2.72 bits per heavy atom. The summed E-state index contributed by atoms with van der Waals surface area (Å²) in [4.78, 5) is 45.1. The summed E-state index contributed by atoms with van der Waals surface area (Å²) in [6.45, 7) is 2.80. The van der Waals surface area contributed by atoms with Crippen molar-refractivity contribution >= 4 is 29.3 Å². The van der Waals surface area contributed by atoms with E-state index in [-0.39, 0.29) is 35.8 Å². The van der Waals surface area contributed by atoms with Crippen molar-refractivity contribution in [2.45, 2.75) is 51.3 Å². The van der Waals surface area contributed by atoms with E-state index in [1.807, 2.05) is 0 Å². The fourth-order valence-corrected chi connectivity index (χ4v) is 5.01. The van der Waals surface area contributed by atoms with Gasteiger partial charge in [-0.15, -0.1) is 0 Å². The van der Waals surface area contributed by atoms with E-state index in [9.17, 15) is 23.2 Å². The van der Waals surface area contributed by atoms with Crippen molar-refractivity contribution in [2.75, 3.05) is 23.7 Å². The van der Waals surface area contributed by atoms with Gasteiger partial charge in [0.2, 0.25) is 11.8 Å². The summed E-state index contributed by atoms with van der Waals surface area (Å²) in [7, 11) is 0. The maximum atomic E-state index is 13.9. The Bertz CT molecular complexity index is 1720. The van der Waals surface area contributed by atoms with Gasteiger partial charge in [0, 0.05) is 44.7 Å². The van der Waals surface area contributed by atoms with Crippen LogP contribution in [0.15, 0.2) is 59.5 Å². The SMILES string of the molecule is CC(=O)O[C@H]1CN[C@H](C(=O)NCc2ccc(-n3cc(NC(=O)c4coc(-c5ccnc(NCC6CC6)c5)n4)c(C(F)F)n3)cc2)C1. The molecule has 1 saturated heterocycles. The molecule has 1 aliphatic heterocycles. The number of carbonyl (C=O) groups excluding carboxylic acids is 3. The summed E-state index contributed by atoms with van der Waals surface area (Å²) in [5, 5.41) is 15.6. The zero-order chi connectivity index (χ0) is 32.2. The lowest BCUT2D eigenvalue weighted by molar-refractivity contribution is -0.145. The number of ether oxygens (including phenoxy) is 1. The minimum atomic E-state index is -2.96. The van der Waals surface area contributed by atoms with Crippen LogP contribution in [0.1, 0.15) is 54.4 Å². The number of rotatable bonds is 12. The van der Waals surface area contributed by atoms with Crippen molar-refractivity contribution in [1.82, 2.24) is 30.4 Å². The predicted molar refractivity (Wildman–Crippen MR) is 161 cm³/mol. The molecule has 15 heteroatoms. The van der Waals surface area contributed by atoms with Crippen LogP contribution < -0.4 is 21.3 Å². The maximum Gasteiger partial charge on any atom is 0.302 e. The number of benzene rings is 1. The van der Waals surface area contributed by atoms with Crippen LogP contribution in [0.2, 0.25) is 0 Å². The number of halogens is 2. The van der Waals surface area contributed by atoms with Crippen LogP contribution in [0.4, 0.5) is 20.3 Å². The van der Waals surface area contributed by atoms with Crippen LogP contribution in [0, 0.1) is 5.92 Å². The fourth-order valence-electron chi connectivity index (χ4n) is 5.01. The highest BCUT2D eigenvalue weighted by atomic mass is 19.3. The lowest BCUT2D eigenvalue weighted by Gasteiger charge is -2.12. The van der Waals surface area contributed by atoms with E-state index in [2.05, 4.69) is 36.3 Å². The molecular weight excluding hydrogens is 602 g/mol. The van der Waals surface area contributed by atoms with E-state index >= 15 is 0 Å². The van der Waals surface area contributed by atoms with Gasteiger partial charge in [0.1, 0.15) is 18.2 Å². The Morgan fingerprint density at radius 1 is 1.17 bits per heavy atom. The molecule has 240 valence electrons. The first kappa shape index (κ1) is 30.8. The molecule has 4 N–H and O–H groups in total. The second-order valence-electron chi connectivity index (χ2n) is 11.2. The van der Waals surface area contributed by atoms with E-state index in [4.69, 9.17) is 9.15 Å². The number of esters is 1. The molecule has 0 spiro atoms. The summed E-state index contributed by atoms with van der Waals surface area (Å²) in [6.07, 6.45) is 3.55. The minimum absolute atomic E-state index is 0.0895. The monoisotopic (exact) mass is 634 g/mol. The molecule has 2 atom stereocenters. The number of nitrogens with one attached hydrogen (secondary N) is 4. The van der Waals surface area contributed by atoms with Gasteiger partial charge in [0.05, 0.1) is 23.6 Å². The second kappa shape index (κ2) is 13.4. The van der Waals surface area contributed by atoms with Gasteiger partial charge in [-0.25, -0.2) is 23.4 Å². The van der Waals surface area contributed by atoms with Crippen LogP contribution in [0.3, 0.4) is 0 Å². The third-order valence-electron chi connectivity index (χ3n) is 7.62. The highest BCUT2D eigenvalue weighted by molar-refractivity contribution is 6.03. The molecule has 0 radical (unpaired) electrons. The number of alkyl halides is 2. The number of amides is 2. The van der Waals surface area contributed by atoms with Gasteiger partial charge < -0.3 is 30.4 Å². The molecule has 2 fully saturated rings. The van der Waals surface area contributed by atoms with Crippen molar-refractivity contribution in [1.29, 1.82) is 0 Å². The van der Waals surface area contributed by atoms with Crippen molar-refractivity contribution in [3.05, 3.63) is 72.0 Å². The number of anilines is 2. The smallest absolute Gasteiger partial charge is 0.302 e. The lowest BCUT2D eigenvalue weighted by atomic mass is 10.1. The zero-order valence-electron chi connectivity index (χ0n) is 24.8. The summed E-state index contributed by atoms with van der Waals surface area (Å²) in [5.41, 5.74) is 0.973. The minimum Gasteiger partial charge on any atom is -0.461 e. The molecule has 4 heterocycles. The van der Waals surface area contributed by atoms with Gasteiger partial charge >= 0.3 is 5.97 Å². The molecule has 6 rings (SSSR count). The summed E-state index contributed by atoms with van der Waals surface area (Å²) in [6, 6.07) is 9.76. The van der Waals surface area contributed by atoms with Crippen molar-refractivity contribution in [2.24, 2.45) is 5.92 Å². The standard InChI is InChI=1S/C31H32F2N8O5/c1-17(42)46-22-11-23(35-14-22)29(43)37-13-19-4-6-21(7-5-19)41-15-24(27(40-41)28(32)33)38-30(44)25-16-45-31(39-25)20-8-9-34-26(10-20)36-12-18-2-3-18/h4-10,15-16,18,22-23,28,35H,2-3,11-14H2,1H3,(H,34,36)(H,37,43)(H,38,44)/t22-,23+/m1/s1. The van der Waals surface area contributed by atoms with Crippen LogP contribution in [0.5, 0.6) is 0 Å². The van der Waals surface area contributed by atoms with Crippen LogP contribution in [0.25, 0.3) is 17.1 Å². The van der Waals surface area contributed by atoms with Crippen LogP contribution >= 0.6 is 0 Å². The van der Waals surface area contributed by atoms with Gasteiger partial charge in [-0.05, 0) is 48.6 Å². The number of oxazole rings is 1. The molecule has 1 aliphatic carbocycles. The van der Waals surface area contributed by atoms with E-state index in [1.54, 1.807) is 42.6 Å². The second-order valence-corrected chi connectivity index (χ2v) is 11.2. The number of carbonyl (C=O) groups is 3. The van der Waals surface area contributed by atoms with E-state index in [1.165, 1.54) is 30.6 Å². The van der Waals surface area contributed by atoms with Crippen molar-refractivity contribution in [3.8, 4) is 17.1 Å². The summed E-state index contributed by atoms with van der Waals surface area (Å²) in [5.74, 6) is 0.162. The highest BCUT2D eigenvalue weighted by Crippen LogP contribution is 2.30. The molecule has 0 bridgehead atoms. The zero-order valence-corrected chi connectivity index (χ0v) is 24.8. The van der Waals surface area contributed by atoms with Gasteiger partial charge in [0.25, 0.3) is 12.3 Å². The molecule has 2 amide bonds. The Morgan fingerprint density at radius 2 is 1.98 bits per heavy atom. The molecule has 46 heavy (non-hydrogen) atoms. The maximum absolute atomic E-state index is 13.9. The van der Waals surface area contributed by atoms with E-state index < -0.39 is 30.0 Å². The first-order valence-corrected chi connectivity index (χ1v) is 14.8. The average Bonchev–Trinajstić information content (AvgIpc) is 3.38. The number of hydrogen-bond acceptors (Lipinski definition) is 10. The predicted octanol–water partition coefficient (Wildman–Crippen LogP) is 3.84. The average molecular weight is 635 g/mol. The first-order valence-electron chi connectivity index (χ1n) is 14.8. The molecule has 1 saturated carbocycles. The molecular formula is C31H32F2N8O5. The topological polar surface area (TPSA) is 165 Å². The normalized spacial score (nSPS) is 17.6. The van der Waals surface area contributed by atoms with Crippen molar-refractivity contribution in [3.63, 3.8) is 0 Å². The Balaban J connectivity index is 1.07. The number of aromatic nitrogens is 4. The quantitative estimate of drug-likeness (QED) is 0.168. The van der Waals surface area contributed by atoms with E-state index in [0.29, 0.717) is 36.0 Å². The molecule has 3 aromatic heterocycles. The third kappa shape index (κ3) is 7.54. The van der Waals surface area contributed by atoms with Crippen molar-refractivity contribution < 1.29 is 32.3 Å². The molecule has 13 nitrogen and oxygen atoms in total. The molecule has 4 aromatic rings. The molecule has 1 aromatic carbocycles.